The summed E-state index contributed by atoms with van der Waals surface area (Å²) in [6.45, 7) is 4.26. The van der Waals surface area contributed by atoms with Crippen LogP contribution in [-0.2, 0) is 14.3 Å². The van der Waals surface area contributed by atoms with E-state index in [1.54, 1.807) is 0 Å². The molecule has 0 radical (unpaired) electrons. The number of hydrogen-bond donors (Lipinski definition) is 1. The Labute approximate surface area is 103 Å². The highest BCUT2D eigenvalue weighted by Gasteiger charge is 2.41. The molecule has 2 heterocycles. The summed E-state index contributed by atoms with van der Waals surface area (Å²) in [5.41, 5.74) is -0.409. The molecule has 2 aliphatic rings. The molecule has 0 aromatic heterocycles. The van der Waals surface area contributed by atoms with Crippen molar-refractivity contribution < 1.29 is 14.3 Å². The number of esters is 1. The summed E-state index contributed by atoms with van der Waals surface area (Å²) in [6.07, 6.45) is 6.07. The summed E-state index contributed by atoms with van der Waals surface area (Å²) in [6, 6.07) is 0. The third-order valence-electron chi connectivity index (χ3n) is 3.74. The normalized spacial score (nSPS) is 32.9. The van der Waals surface area contributed by atoms with Crippen LogP contribution in [0.4, 0.5) is 0 Å². The summed E-state index contributed by atoms with van der Waals surface area (Å²) < 4.78 is 10.9. The Morgan fingerprint density at radius 2 is 2.41 bits per heavy atom. The third kappa shape index (κ3) is 2.99. The van der Waals surface area contributed by atoms with E-state index in [1.807, 2.05) is 0 Å². The Hall–Kier alpha value is -0.610. The minimum atomic E-state index is -0.409. The van der Waals surface area contributed by atoms with Gasteiger partial charge in [-0.05, 0) is 38.6 Å². The molecule has 0 spiro atoms. The molecular formula is C13H23NO3. The van der Waals surface area contributed by atoms with Gasteiger partial charge in [-0.1, -0.05) is 13.3 Å². The summed E-state index contributed by atoms with van der Waals surface area (Å²) in [5, 5.41) is 3.33. The average molecular weight is 241 g/mol. The highest BCUT2D eigenvalue weighted by Crippen LogP contribution is 2.26. The van der Waals surface area contributed by atoms with Crippen LogP contribution in [0.25, 0.3) is 0 Å². The minimum absolute atomic E-state index is 0.0765. The molecule has 2 atom stereocenters. The van der Waals surface area contributed by atoms with E-state index in [0.29, 0.717) is 6.61 Å². The second-order valence-electron chi connectivity index (χ2n) is 5.10. The summed E-state index contributed by atoms with van der Waals surface area (Å²) >= 11 is 0. The second kappa shape index (κ2) is 5.83. The first-order chi connectivity index (χ1) is 8.27. The molecule has 4 heteroatoms. The zero-order valence-corrected chi connectivity index (χ0v) is 10.7. The lowest BCUT2D eigenvalue weighted by molar-refractivity contribution is -0.154. The Kier molecular flexibility index (Phi) is 4.40. The van der Waals surface area contributed by atoms with Crippen molar-refractivity contribution in [2.75, 3.05) is 19.8 Å². The number of hydrogen-bond acceptors (Lipinski definition) is 4. The van der Waals surface area contributed by atoms with E-state index in [4.69, 9.17) is 9.47 Å². The number of rotatable bonds is 5. The zero-order valence-electron chi connectivity index (χ0n) is 10.7. The van der Waals surface area contributed by atoms with E-state index in [0.717, 1.165) is 51.7 Å². The highest BCUT2D eigenvalue weighted by molar-refractivity contribution is 5.81. The van der Waals surface area contributed by atoms with Gasteiger partial charge in [0.1, 0.15) is 12.1 Å². The zero-order chi connectivity index (χ0) is 12.1. The molecule has 0 aromatic rings. The molecule has 2 aliphatic heterocycles. The molecule has 0 saturated carbocycles. The van der Waals surface area contributed by atoms with Gasteiger partial charge in [0, 0.05) is 6.61 Å². The smallest absolute Gasteiger partial charge is 0.326 e. The predicted molar refractivity (Wildman–Crippen MR) is 64.8 cm³/mol. The first kappa shape index (κ1) is 12.8. The maximum Gasteiger partial charge on any atom is 0.326 e. The molecule has 1 N–H and O–H groups in total. The van der Waals surface area contributed by atoms with E-state index in [9.17, 15) is 4.79 Å². The standard InChI is InChI=1S/C13H23NO3/c1-2-6-13(7-4-8-14-13)12(15)17-10-11-5-3-9-16-11/h11,14H,2-10H2,1H3. The molecular weight excluding hydrogens is 218 g/mol. The van der Waals surface area contributed by atoms with E-state index < -0.39 is 5.54 Å². The van der Waals surface area contributed by atoms with Crippen molar-refractivity contribution in [3.63, 3.8) is 0 Å². The van der Waals surface area contributed by atoms with Crippen molar-refractivity contribution in [3.05, 3.63) is 0 Å². The van der Waals surface area contributed by atoms with Crippen molar-refractivity contribution in [1.29, 1.82) is 0 Å². The SMILES string of the molecule is CCCC1(C(=O)OCC2CCCO2)CCCN1. The van der Waals surface area contributed by atoms with Crippen molar-refractivity contribution in [1.82, 2.24) is 5.32 Å². The van der Waals surface area contributed by atoms with Crippen LogP contribution in [0.2, 0.25) is 0 Å². The van der Waals surface area contributed by atoms with Crippen LogP contribution >= 0.6 is 0 Å². The number of carbonyl (C=O) groups is 1. The highest BCUT2D eigenvalue weighted by atomic mass is 16.6. The van der Waals surface area contributed by atoms with Gasteiger partial charge in [-0.3, -0.25) is 4.79 Å². The van der Waals surface area contributed by atoms with Gasteiger partial charge in [-0.15, -0.1) is 0 Å². The van der Waals surface area contributed by atoms with Crippen LogP contribution in [0.15, 0.2) is 0 Å². The van der Waals surface area contributed by atoms with E-state index in [2.05, 4.69) is 12.2 Å². The van der Waals surface area contributed by atoms with Gasteiger partial charge < -0.3 is 14.8 Å². The Morgan fingerprint density at radius 1 is 1.53 bits per heavy atom. The quantitative estimate of drug-likeness (QED) is 0.743. The largest absolute Gasteiger partial charge is 0.462 e. The van der Waals surface area contributed by atoms with Crippen molar-refractivity contribution in [2.45, 2.75) is 57.1 Å². The van der Waals surface area contributed by atoms with Crippen molar-refractivity contribution >= 4 is 5.97 Å². The van der Waals surface area contributed by atoms with Crippen LogP contribution in [0.1, 0.15) is 45.4 Å². The summed E-state index contributed by atoms with van der Waals surface area (Å²) in [5.74, 6) is -0.0765. The van der Waals surface area contributed by atoms with E-state index >= 15 is 0 Å². The lowest BCUT2D eigenvalue weighted by Gasteiger charge is -2.27. The molecule has 2 saturated heterocycles. The molecule has 2 rings (SSSR count). The number of carbonyl (C=O) groups excluding carboxylic acids is 1. The molecule has 0 aliphatic carbocycles. The molecule has 0 bridgehead atoms. The molecule has 98 valence electrons. The average Bonchev–Trinajstić information content (AvgIpc) is 2.97. The van der Waals surface area contributed by atoms with Gasteiger partial charge >= 0.3 is 5.97 Å². The van der Waals surface area contributed by atoms with E-state index in [1.165, 1.54) is 0 Å². The van der Waals surface area contributed by atoms with Gasteiger partial charge in [0.2, 0.25) is 0 Å². The Bertz CT molecular complexity index is 255. The predicted octanol–water partition coefficient (Wildman–Crippen LogP) is 1.63. The molecule has 2 fully saturated rings. The number of ether oxygens (including phenoxy) is 2. The maximum atomic E-state index is 12.2. The number of nitrogens with one attached hydrogen (secondary N) is 1. The second-order valence-corrected chi connectivity index (χ2v) is 5.10. The molecule has 4 nitrogen and oxygen atoms in total. The van der Waals surface area contributed by atoms with Gasteiger partial charge in [-0.25, -0.2) is 0 Å². The van der Waals surface area contributed by atoms with Gasteiger partial charge in [0.05, 0.1) is 6.10 Å². The summed E-state index contributed by atoms with van der Waals surface area (Å²) in [7, 11) is 0. The fourth-order valence-electron chi connectivity index (χ4n) is 2.81. The van der Waals surface area contributed by atoms with Crippen LogP contribution in [-0.4, -0.2) is 37.4 Å². The molecule has 2 unspecified atom stereocenters. The van der Waals surface area contributed by atoms with Gasteiger partial charge in [-0.2, -0.15) is 0 Å². The third-order valence-corrected chi connectivity index (χ3v) is 3.74. The van der Waals surface area contributed by atoms with Crippen molar-refractivity contribution in [3.8, 4) is 0 Å². The minimum Gasteiger partial charge on any atom is -0.462 e. The van der Waals surface area contributed by atoms with Crippen LogP contribution in [0.5, 0.6) is 0 Å². The summed E-state index contributed by atoms with van der Waals surface area (Å²) in [4.78, 5) is 12.2. The van der Waals surface area contributed by atoms with Gasteiger partial charge in [0.15, 0.2) is 0 Å². The van der Waals surface area contributed by atoms with Crippen LogP contribution in [0.3, 0.4) is 0 Å². The topological polar surface area (TPSA) is 47.6 Å². The Morgan fingerprint density at radius 3 is 3.00 bits per heavy atom. The first-order valence-corrected chi connectivity index (χ1v) is 6.81. The molecule has 0 aromatic carbocycles. The molecule has 0 amide bonds. The maximum absolute atomic E-state index is 12.2. The lowest BCUT2D eigenvalue weighted by atomic mass is 9.92. The van der Waals surface area contributed by atoms with Gasteiger partial charge in [0.25, 0.3) is 0 Å². The fourth-order valence-corrected chi connectivity index (χ4v) is 2.81. The monoisotopic (exact) mass is 241 g/mol. The fraction of sp³-hybridized carbons (Fsp3) is 0.923. The van der Waals surface area contributed by atoms with E-state index in [-0.39, 0.29) is 12.1 Å². The Balaban J connectivity index is 1.83. The first-order valence-electron chi connectivity index (χ1n) is 6.81. The van der Waals surface area contributed by atoms with Crippen LogP contribution in [0, 0.1) is 0 Å². The van der Waals surface area contributed by atoms with Crippen LogP contribution < -0.4 is 5.32 Å². The van der Waals surface area contributed by atoms with Crippen molar-refractivity contribution in [2.24, 2.45) is 0 Å². The lowest BCUT2D eigenvalue weighted by Crippen LogP contribution is -2.49. The molecule has 17 heavy (non-hydrogen) atoms.